The van der Waals surface area contributed by atoms with Gasteiger partial charge < -0.3 is 4.74 Å². The summed E-state index contributed by atoms with van der Waals surface area (Å²) in [6.45, 7) is 3.71. The second-order valence-corrected chi connectivity index (χ2v) is 11.2. The van der Waals surface area contributed by atoms with Gasteiger partial charge in [0.2, 0.25) is 0 Å². The molecule has 2 aliphatic heterocycles. The van der Waals surface area contributed by atoms with Crippen molar-refractivity contribution in [3.05, 3.63) is 114 Å². The number of ether oxygens (including phenoxy) is 1. The van der Waals surface area contributed by atoms with Crippen molar-refractivity contribution in [1.82, 2.24) is 4.57 Å². The molecule has 0 saturated heterocycles. The first-order valence-electron chi connectivity index (χ1n) is 12.7. The molecule has 0 aliphatic carbocycles. The van der Waals surface area contributed by atoms with Crippen LogP contribution in [0.3, 0.4) is 0 Å². The number of hydrogen-bond acceptors (Lipinski definition) is 8. The molecular weight excluding hydrogens is 544 g/mol. The number of aromatic nitrogens is 1. The molecule has 10 heteroatoms. The number of hydrogen-bond donors (Lipinski definition) is 0. The van der Waals surface area contributed by atoms with Gasteiger partial charge in [-0.3, -0.25) is 14.2 Å². The van der Waals surface area contributed by atoms with Crippen LogP contribution in [0.15, 0.2) is 98.6 Å². The monoisotopic (exact) mass is 568 g/mol. The molecule has 2 atom stereocenters. The highest BCUT2D eigenvalue weighted by Gasteiger charge is 2.37. The van der Waals surface area contributed by atoms with E-state index in [2.05, 4.69) is 5.10 Å². The van der Waals surface area contributed by atoms with Crippen molar-refractivity contribution in [2.45, 2.75) is 19.9 Å². The molecule has 0 N–H and O–H groups in total. The van der Waals surface area contributed by atoms with Crippen molar-refractivity contribution in [3.63, 3.8) is 0 Å². The largest absolute Gasteiger partial charge is 0.463 e. The second-order valence-electron chi connectivity index (χ2n) is 9.17. The number of thiazole rings is 1. The Morgan fingerprint density at radius 2 is 1.75 bits per heavy atom. The summed E-state index contributed by atoms with van der Waals surface area (Å²) in [4.78, 5) is 46.9. The SMILES string of the molecule is CCOC(=O)C1=C(c2ccccc2)N=c2s/c(=C/[C@@H]3C(=O)N(c4ccccc4)N=C3C)c(=O)n2[C@H]1c1cccs1. The van der Waals surface area contributed by atoms with Crippen molar-refractivity contribution in [1.29, 1.82) is 0 Å². The van der Waals surface area contributed by atoms with Crippen LogP contribution in [0.1, 0.15) is 30.3 Å². The zero-order chi connectivity index (χ0) is 27.8. The van der Waals surface area contributed by atoms with Gasteiger partial charge in [-0.15, -0.1) is 11.3 Å². The fraction of sp³-hybridized carbons (Fsp3) is 0.167. The van der Waals surface area contributed by atoms with Gasteiger partial charge in [0.25, 0.3) is 11.5 Å². The first kappa shape index (κ1) is 25.8. The molecule has 6 rings (SSSR count). The Kier molecular flexibility index (Phi) is 6.87. The number of anilines is 1. The predicted molar refractivity (Wildman–Crippen MR) is 157 cm³/mol. The number of nitrogens with zero attached hydrogens (tertiary/aromatic N) is 4. The summed E-state index contributed by atoms with van der Waals surface area (Å²) in [5, 5.41) is 7.74. The lowest BCUT2D eigenvalue weighted by atomic mass is 9.97. The number of rotatable bonds is 6. The van der Waals surface area contributed by atoms with Crippen LogP contribution in [-0.4, -0.2) is 28.8 Å². The minimum Gasteiger partial charge on any atom is -0.463 e. The van der Waals surface area contributed by atoms with E-state index in [0.717, 1.165) is 10.4 Å². The molecular formula is C30H24N4O4S2. The van der Waals surface area contributed by atoms with Crippen LogP contribution in [0.25, 0.3) is 11.8 Å². The number of esters is 1. The van der Waals surface area contributed by atoms with Crippen LogP contribution < -0.4 is 19.9 Å². The minimum absolute atomic E-state index is 0.187. The Labute approximate surface area is 237 Å². The lowest BCUT2D eigenvalue weighted by Gasteiger charge is -2.24. The van der Waals surface area contributed by atoms with E-state index in [9.17, 15) is 14.4 Å². The second kappa shape index (κ2) is 10.6. The van der Waals surface area contributed by atoms with E-state index < -0.39 is 17.9 Å². The van der Waals surface area contributed by atoms with Crippen LogP contribution in [0, 0.1) is 5.92 Å². The predicted octanol–water partition coefficient (Wildman–Crippen LogP) is 3.99. The summed E-state index contributed by atoms with van der Waals surface area (Å²) < 4.78 is 7.38. The van der Waals surface area contributed by atoms with Gasteiger partial charge in [0.15, 0.2) is 4.80 Å². The third-order valence-electron chi connectivity index (χ3n) is 6.69. The number of fused-ring (bicyclic) bond motifs is 1. The summed E-state index contributed by atoms with van der Waals surface area (Å²) in [7, 11) is 0. The lowest BCUT2D eigenvalue weighted by Crippen LogP contribution is -2.40. The molecule has 0 unspecified atom stereocenters. The smallest absolute Gasteiger partial charge is 0.338 e. The van der Waals surface area contributed by atoms with Gasteiger partial charge in [-0.05, 0) is 43.5 Å². The fourth-order valence-electron chi connectivity index (χ4n) is 4.85. The van der Waals surface area contributed by atoms with Crippen LogP contribution in [0.2, 0.25) is 0 Å². The Balaban J connectivity index is 1.53. The van der Waals surface area contributed by atoms with E-state index in [0.29, 0.717) is 32.0 Å². The number of thiophene rings is 1. The average molecular weight is 569 g/mol. The zero-order valence-electron chi connectivity index (χ0n) is 21.7. The number of benzene rings is 2. The van der Waals surface area contributed by atoms with Gasteiger partial charge in [-0.1, -0.05) is 65.9 Å². The maximum atomic E-state index is 14.0. The van der Waals surface area contributed by atoms with Crippen LogP contribution in [0.4, 0.5) is 5.69 Å². The number of amides is 1. The molecule has 0 bridgehead atoms. The van der Waals surface area contributed by atoms with Crippen molar-refractivity contribution in [2.24, 2.45) is 16.0 Å². The maximum Gasteiger partial charge on any atom is 0.338 e. The highest BCUT2D eigenvalue weighted by atomic mass is 32.1. The highest BCUT2D eigenvalue weighted by Crippen LogP contribution is 2.37. The van der Waals surface area contributed by atoms with E-state index in [-0.39, 0.29) is 18.1 Å². The van der Waals surface area contributed by atoms with Crippen LogP contribution >= 0.6 is 22.7 Å². The molecule has 0 radical (unpaired) electrons. The average Bonchev–Trinajstić information content (AvgIpc) is 3.69. The molecule has 2 aromatic heterocycles. The van der Waals surface area contributed by atoms with E-state index >= 15 is 0 Å². The fourth-order valence-corrected chi connectivity index (χ4v) is 6.68. The van der Waals surface area contributed by atoms with Crippen molar-refractivity contribution in [3.8, 4) is 0 Å². The first-order valence-corrected chi connectivity index (χ1v) is 14.4. The molecule has 4 aromatic rings. The molecule has 2 aromatic carbocycles. The molecule has 0 spiro atoms. The van der Waals surface area contributed by atoms with E-state index in [1.165, 1.54) is 27.7 Å². The van der Waals surface area contributed by atoms with Crippen molar-refractivity contribution in [2.75, 3.05) is 11.6 Å². The van der Waals surface area contributed by atoms with Gasteiger partial charge in [0.05, 0.1) is 33.8 Å². The standard InChI is InChI=1S/C30H24N4O4S2/c1-3-38-29(37)24-25(19-11-6-4-7-12-19)31-30-33(26(24)22-15-10-16-39-22)28(36)23(40-30)17-21-18(2)32-34(27(21)35)20-13-8-5-9-14-20/h4-17,21,26H,3H2,1-2H3/b23-17+/t21-,26-/m0/s1. The van der Waals surface area contributed by atoms with E-state index in [1.807, 2.05) is 78.2 Å². The number of para-hydroxylation sites is 1. The van der Waals surface area contributed by atoms with Crippen LogP contribution in [0.5, 0.6) is 0 Å². The highest BCUT2D eigenvalue weighted by molar-refractivity contribution is 7.10. The molecule has 4 heterocycles. The molecule has 1 amide bonds. The lowest BCUT2D eigenvalue weighted by molar-refractivity contribution is -0.138. The minimum atomic E-state index is -0.720. The number of carbonyl (C=O) groups is 2. The normalized spacial score (nSPS) is 18.9. The molecule has 40 heavy (non-hydrogen) atoms. The molecule has 2 aliphatic rings. The summed E-state index contributed by atoms with van der Waals surface area (Å²) in [5.41, 5.74) is 2.45. The maximum absolute atomic E-state index is 14.0. The van der Waals surface area contributed by atoms with Gasteiger partial charge in [-0.2, -0.15) is 10.1 Å². The van der Waals surface area contributed by atoms with E-state index in [1.54, 1.807) is 24.5 Å². The van der Waals surface area contributed by atoms with E-state index in [4.69, 9.17) is 9.73 Å². The summed E-state index contributed by atoms with van der Waals surface area (Å²) in [6.07, 6.45) is 1.66. The van der Waals surface area contributed by atoms with Gasteiger partial charge in [0.1, 0.15) is 12.0 Å². The Morgan fingerprint density at radius 1 is 1.02 bits per heavy atom. The van der Waals surface area contributed by atoms with Crippen LogP contribution in [-0.2, 0) is 14.3 Å². The summed E-state index contributed by atoms with van der Waals surface area (Å²) >= 11 is 2.65. The van der Waals surface area contributed by atoms with Gasteiger partial charge in [0, 0.05) is 10.4 Å². The molecule has 0 saturated carbocycles. The Hall–Kier alpha value is -4.41. The topological polar surface area (TPSA) is 93.3 Å². The summed E-state index contributed by atoms with van der Waals surface area (Å²) in [6, 6.07) is 21.7. The molecule has 200 valence electrons. The van der Waals surface area contributed by atoms with Crippen molar-refractivity contribution < 1.29 is 14.3 Å². The Bertz CT molecular complexity index is 1840. The quantitative estimate of drug-likeness (QED) is 0.329. The third kappa shape index (κ3) is 4.44. The molecule has 8 nitrogen and oxygen atoms in total. The zero-order valence-corrected chi connectivity index (χ0v) is 23.3. The summed E-state index contributed by atoms with van der Waals surface area (Å²) in [5.74, 6) is -1.45. The van der Waals surface area contributed by atoms with Crippen molar-refractivity contribution >= 4 is 57.7 Å². The molecule has 0 fully saturated rings. The number of hydrazone groups is 1. The Morgan fingerprint density at radius 3 is 2.42 bits per heavy atom. The number of carbonyl (C=O) groups excluding carboxylic acids is 2. The third-order valence-corrected chi connectivity index (χ3v) is 8.61. The first-order chi connectivity index (χ1) is 19.5. The van der Waals surface area contributed by atoms with Gasteiger partial charge in [-0.25, -0.2) is 9.79 Å². The van der Waals surface area contributed by atoms with Gasteiger partial charge >= 0.3 is 5.97 Å².